The SMILES string of the molecule is Cc1nc2ccc(S(=O)(=O)NCCC3=CCCCC3)cc2[nH]1. The van der Waals surface area contributed by atoms with Gasteiger partial charge < -0.3 is 4.98 Å². The van der Waals surface area contributed by atoms with Crippen molar-refractivity contribution in [2.75, 3.05) is 6.54 Å². The van der Waals surface area contributed by atoms with Crippen LogP contribution in [0.5, 0.6) is 0 Å². The fourth-order valence-corrected chi connectivity index (χ4v) is 3.90. The number of aromatic nitrogens is 2. The van der Waals surface area contributed by atoms with Crippen molar-refractivity contribution in [3.63, 3.8) is 0 Å². The van der Waals surface area contributed by atoms with Crippen molar-refractivity contribution in [3.8, 4) is 0 Å². The molecule has 0 aliphatic heterocycles. The number of benzene rings is 1. The first kappa shape index (κ1) is 15.2. The van der Waals surface area contributed by atoms with Crippen LogP contribution < -0.4 is 4.72 Å². The number of sulfonamides is 1. The van der Waals surface area contributed by atoms with Crippen molar-refractivity contribution >= 4 is 21.1 Å². The lowest BCUT2D eigenvalue weighted by atomic mass is 9.97. The van der Waals surface area contributed by atoms with E-state index in [0.29, 0.717) is 6.54 Å². The maximum atomic E-state index is 12.4. The molecule has 0 fully saturated rings. The van der Waals surface area contributed by atoms with Gasteiger partial charge in [-0.05, 0) is 57.2 Å². The number of fused-ring (bicyclic) bond motifs is 1. The molecule has 6 heteroatoms. The van der Waals surface area contributed by atoms with Crippen molar-refractivity contribution in [1.82, 2.24) is 14.7 Å². The van der Waals surface area contributed by atoms with Gasteiger partial charge in [0.15, 0.2) is 0 Å². The number of nitrogens with zero attached hydrogens (tertiary/aromatic N) is 1. The predicted octanol–water partition coefficient (Wildman–Crippen LogP) is 3.04. The highest BCUT2D eigenvalue weighted by atomic mass is 32.2. The standard InChI is InChI=1S/C16H21N3O2S/c1-12-18-15-8-7-14(11-16(15)19-12)22(20,21)17-10-9-13-5-3-2-4-6-13/h5,7-8,11,17H,2-4,6,9-10H2,1H3,(H,18,19). The van der Waals surface area contributed by atoms with Crippen LogP contribution in [-0.2, 0) is 10.0 Å². The molecular weight excluding hydrogens is 298 g/mol. The first-order chi connectivity index (χ1) is 10.5. The molecule has 0 atom stereocenters. The van der Waals surface area contributed by atoms with Crippen LogP contribution in [0.25, 0.3) is 11.0 Å². The highest BCUT2D eigenvalue weighted by Gasteiger charge is 2.15. The molecule has 1 aromatic heterocycles. The smallest absolute Gasteiger partial charge is 0.240 e. The molecule has 1 aliphatic rings. The summed E-state index contributed by atoms with van der Waals surface area (Å²) in [5, 5.41) is 0. The van der Waals surface area contributed by atoms with Crippen LogP contribution in [0.15, 0.2) is 34.7 Å². The van der Waals surface area contributed by atoms with E-state index >= 15 is 0 Å². The van der Waals surface area contributed by atoms with E-state index < -0.39 is 10.0 Å². The topological polar surface area (TPSA) is 74.8 Å². The quantitative estimate of drug-likeness (QED) is 0.832. The zero-order valence-electron chi connectivity index (χ0n) is 12.7. The van der Waals surface area contributed by atoms with Gasteiger partial charge in [-0.1, -0.05) is 11.6 Å². The second-order valence-electron chi connectivity index (χ2n) is 5.76. The average Bonchev–Trinajstić information content (AvgIpc) is 2.87. The predicted molar refractivity (Wildman–Crippen MR) is 87.2 cm³/mol. The average molecular weight is 319 g/mol. The van der Waals surface area contributed by atoms with Crippen LogP contribution in [0.4, 0.5) is 0 Å². The second kappa shape index (κ2) is 6.22. The van der Waals surface area contributed by atoms with Crippen molar-refractivity contribution in [2.45, 2.75) is 43.9 Å². The van der Waals surface area contributed by atoms with E-state index in [9.17, 15) is 8.42 Å². The summed E-state index contributed by atoms with van der Waals surface area (Å²) in [7, 11) is -3.47. The fraction of sp³-hybridized carbons (Fsp3) is 0.438. The minimum Gasteiger partial charge on any atom is -0.342 e. The van der Waals surface area contributed by atoms with Gasteiger partial charge in [-0.25, -0.2) is 18.1 Å². The van der Waals surface area contributed by atoms with Gasteiger partial charge in [0.05, 0.1) is 15.9 Å². The normalized spacial score (nSPS) is 16.0. The maximum absolute atomic E-state index is 12.4. The van der Waals surface area contributed by atoms with Gasteiger partial charge in [-0.15, -0.1) is 0 Å². The second-order valence-corrected chi connectivity index (χ2v) is 7.52. The van der Waals surface area contributed by atoms with Crippen LogP contribution in [0.2, 0.25) is 0 Å². The number of H-pyrrole nitrogens is 1. The molecule has 0 saturated carbocycles. The molecule has 0 saturated heterocycles. The van der Waals surface area contributed by atoms with Gasteiger partial charge >= 0.3 is 0 Å². The summed E-state index contributed by atoms with van der Waals surface area (Å²) in [5.41, 5.74) is 2.90. The number of nitrogens with one attached hydrogen (secondary N) is 2. The third kappa shape index (κ3) is 3.39. The summed E-state index contributed by atoms with van der Waals surface area (Å²) in [4.78, 5) is 7.63. The van der Waals surface area contributed by atoms with E-state index in [1.165, 1.54) is 18.4 Å². The highest BCUT2D eigenvalue weighted by Crippen LogP contribution is 2.20. The molecule has 5 nitrogen and oxygen atoms in total. The first-order valence-corrected chi connectivity index (χ1v) is 9.17. The lowest BCUT2D eigenvalue weighted by Crippen LogP contribution is -2.25. The molecule has 22 heavy (non-hydrogen) atoms. The molecule has 0 unspecified atom stereocenters. The first-order valence-electron chi connectivity index (χ1n) is 7.68. The lowest BCUT2D eigenvalue weighted by molar-refractivity contribution is 0.579. The maximum Gasteiger partial charge on any atom is 0.240 e. The molecule has 0 bridgehead atoms. The Bertz CT molecular complexity index is 806. The summed E-state index contributed by atoms with van der Waals surface area (Å²) >= 11 is 0. The van der Waals surface area contributed by atoms with E-state index in [1.807, 2.05) is 6.92 Å². The van der Waals surface area contributed by atoms with E-state index in [2.05, 4.69) is 20.8 Å². The number of hydrogen-bond acceptors (Lipinski definition) is 3. The van der Waals surface area contributed by atoms with Crippen LogP contribution in [0, 0.1) is 6.92 Å². The largest absolute Gasteiger partial charge is 0.342 e. The number of hydrogen-bond donors (Lipinski definition) is 2. The van der Waals surface area contributed by atoms with Gasteiger partial charge in [0.2, 0.25) is 10.0 Å². The number of aromatic amines is 1. The Balaban J connectivity index is 1.69. The van der Waals surface area contributed by atoms with Crippen molar-refractivity contribution in [2.24, 2.45) is 0 Å². The molecule has 1 heterocycles. The summed E-state index contributed by atoms with van der Waals surface area (Å²) in [5.74, 6) is 0.779. The molecule has 1 aromatic carbocycles. The van der Waals surface area contributed by atoms with E-state index in [1.54, 1.807) is 18.2 Å². The fourth-order valence-electron chi connectivity index (χ4n) is 2.84. The van der Waals surface area contributed by atoms with Crippen LogP contribution >= 0.6 is 0 Å². The Morgan fingerprint density at radius 3 is 2.95 bits per heavy atom. The van der Waals surface area contributed by atoms with Crippen LogP contribution in [0.1, 0.15) is 37.9 Å². The summed E-state index contributed by atoms with van der Waals surface area (Å²) < 4.78 is 27.4. The molecule has 0 radical (unpaired) electrons. The molecular formula is C16H21N3O2S. The monoisotopic (exact) mass is 319 g/mol. The number of allylic oxidation sites excluding steroid dienone is 1. The van der Waals surface area contributed by atoms with Crippen molar-refractivity contribution in [3.05, 3.63) is 35.7 Å². The van der Waals surface area contributed by atoms with E-state index in [0.717, 1.165) is 36.1 Å². The minimum atomic E-state index is -3.47. The molecule has 1 aliphatic carbocycles. The molecule has 2 aromatic rings. The number of aryl methyl sites for hydroxylation is 1. The Hall–Kier alpha value is -1.66. The van der Waals surface area contributed by atoms with Gasteiger partial charge in [0.25, 0.3) is 0 Å². The van der Waals surface area contributed by atoms with Crippen molar-refractivity contribution < 1.29 is 8.42 Å². The zero-order valence-corrected chi connectivity index (χ0v) is 13.5. The Morgan fingerprint density at radius 1 is 1.32 bits per heavy atom. The van der Waals surface area contributed by atoms with Gasteiger partial charge in [-0.3, -0.25) is 0 Å². The third-order valence-electron chi connectivity index (χ3n) is 4.01. The Labute approximate surface area is 130 Å². The zero-order chi connectivity index (χ0) is 15.6. The number of rotatable bonds is 5. The molecule has 0 spiro atoms. The van der Waals surface area contributed by atoms with Gasteiger partial charge in [0.1, 0.15) is 5.82 Å². The third-order valence-corrected chi connectivity index (χ3v) is 5.46. The Morgan fingerprint density at radius 2 is 2.18 bits per heavy atom. The minimum absolute atomic E-state index is 0.279. The Kier molecular flexibility index (Phi) is 4.31. The van der Waals surface area contributed by atoms with E-state index in [-0.39, 0.29) is 4.90 Å². The molecule has 2 N–H and O–H groups in total. The summed E-state index contributed by atoms with van der Waals surface area (Å²) in [6.45, 7) is 2.30. The molecule has 118 valence electrons. The molecule has 3 rings (SSSR count). The molecule has 0 amide bonds. The van der Waals surface area contributed by atoms with Crippen molar-refractivity contribution in [1.29, 1.82) is 0 Å². The van der Waals surface area contributed by atoms with Gasteiger partial charge in [-0.2, -0.15) is 0 Å². The van der Waals surface area contributed by atoms with E-state index in [4.69, 9.17) is 0 Å². The lowest BCUT2D eigenvalue weighted by Gasteiger charge is -2.13. The number of imidazole rings is 1. The van der Waals surface area contributed by atoms with Gasteiger partial charge in [0, 0.05) is 6.54 Å². The summed E-state index contributed by atoms with van der Waals surface area (Å²) in [6, 6.07) is 4.97. The highest BCUT2D eigenvalue weighted by molar-refractivity contribution is 7.89. The van der Waals surface area contributed by atoms with Crippen LogP contribution in [0.3, 0.4) is 0 Å². The summed E-state index contributed by atoms with van der Waals surface area (Å²) in [6.07, 6.45) is 7.73. The van der Waals surface area contributed by atoms with Crippen LogP contribution in [-0.4, -0.2) is 24.9 Å².